The number of benzene rings is 1. The molecule has 2 aromatic rings. The van der Waals surface area contributed by atoms with Crippen molar-refractivity contribution >= 4 is 23.4 Å². The van der Waals surface area contributed by atoms with Crippen LogP contribution in [0.25, 0.3) is 0 Å². The van der Waals surface area contributed by atoms with Crippen LogP contribution in [0.3, 0.4) is 0 Å². The van der Waals surface area contributed by atoms with Crippen molar-refractivity contribution in [2.75, 3.05) is 5.32 Å². The molecule has 21 heavy (non-hydrogen) atoms. The third-order valence-corrected chi connectivity index (χ3v) is 3.29. The highest BCUT2D eigenvalue weighted by Crippen LogP contribution is 2.24. The highest BCUT2D eigenvalue weighted by atomic mass is 35.5. The standard InChI is InChI=1S/C15H16ClFN2O2/c1-15(2,3)12-8-14(21-19-12)18-13(20)7-9-10(16)5-4-6-11(9)17/h4-6,8H,7H2,1-3H3,(H,18,20). The Morgan fingerprint density at radius 3 is 2.71 bits per heavy atom. The summed E-state index contributed by atoms with van der Waals surface area (Å²) in [5.41, 5.74) is 0.704. The summed E-state index contributed by atoms with van der Waals surface area (Å²) in [5.74, 6) is -0.693. The van der Waals surface area contributed by atoms with Crippen LogP contribution < -0.4 is 5.32 Å². The Bertz CT molecular complexity index is 642. The maximum Gasteiger partial charge on any atom is 0.231 e. The van der Waals surface area contributed by atoms with Gasteiger partial charge in [-0.1, -0.05) is 43.6 Å². The predicted octanol–water partition coefficient (Wildman–Crippen LogP) is 3.95. The van der Waals surface area contributed by atoms with Crippen molar-refractivity contribution in [3.63, 3.8) is 0 Å². The summed E-state index contributed by atoms with van der Waals surface area (Å²) in [6.45, 7) is 5.95. The molecule has 1 amide bonds. The lowest BCUT2D eigenvalue weighted by Gasteiger charge is -2.12. The number of hydrogen-bond donors (Lipinski definition) is 1. The second-order valence-corrected chi connectivity index (χ2v) is 6.16. The summed E-state index contributed by atoms with van der Waals surface area (Å²) in [5, 5.41) is 6.66. The molecule has 0 spiro atoms. The number of nitrogens with zero attached hydrogens (tertiary/aromatic N) is 1. The lowest BCUT2D eigenvalue weighted by atomic mass is 9.92. The molecule has 0 saturated carbocycles. The molecule has 1 N–H and O–H groups in total. The van der Waals surface area contributed by atoms with Crippen molar-refractivity contribution in [3.8, 4) is 0 Å². The van der Waals surface area contributed by atoms with Crippen molar-refractivity contribution in [1.29, 1.82) is 0 Å². The maximum atomic E-state index is 13.6. The lowest BCUT2D eigenvalue weighted by molar-refractivity contribution is -0.115. The zero-order valence-corrected chi connectivity index (χ0v) is 12.8. The molecule has 0 aliphatic carbocycles. The normalized spacial score (nSPS) is 11.5. The van der Waals surface area contributed by atoms with Crippen LogP contribution in [0.15, 0.2) is 28.8 Å². The van der Waals surface area contributed by atoms with Gasteiger partial charge < -0.3 is 4.52 Å². The van der Waals surface area contributed by atoms with Gasteiger partial charge in [0.2, 0.25) is 11.8 Å². The number of nitrogens with one attached hydrogen (secondary N) is 1. The molecular formula is C15H16ClFN2O2. The smallest absolute Gasteiger partial charge is 0.231 e. The number of carbonyl (C=O) groups is 1. The molecular weight excluding hydrogens is 295 g/mol. The average Bonchev–Trinajstić information content (AvgIpc) is 2.82. The van der Waals surface area contributed by atoms with Crippen LogP contribution >= 0.6 is 11.6 Å². The van der Waals surface area contributed by atoms with E-state index >= 15 is 0 Å². The van der Waals surface area contributed by atoms with Crippen molar-refractivity contribution in [1.82, 2.24) is 5.16 Å². The second kappa shape index (κ2) is 5.85. The first-order valence-corrected chi connectivity index (χ1v) is 6.85. The molecule has 0 unspecified atom stereocenters. The Hall–Kier alpha value is -1.88. The quantitative estimate of drug-likeness (QED) is 0.934. The van der Waals surface area contributed by atoms with Gasteiger partial charge in [-0.2, -0.15) is 0 Å². The summed E-state index contributed by atoms with van der Waals surface area (Å²) < 4.78 is 18.7. The first-order chi connectivity index (χ1) is 9.77. The fourth-order valence-electron chi connectivity index (χ4n) is 1.73. The van der Waals surface area contributed by atoms with E-state index in [1.165, 1.54) is 12.1 Å². The average molecular weight is 311 g/mol. The van der Waals surface area contributed by atoms with E-state index in [9.17, 15) is 9.18 Å². The van der Waals surface area contributed by atoms with Gasteiger partial charge in [0.25, 0.3) is 0 Å². The van der Waals surface area contributed by atoms with Crippen LogP contribution in [-0.2, 0) is 16.6 Å². The van der Waals surface area contributed by atoms with Gasteiger partial charge in [0.05, 0.1) is 12.1 Å². The molecule has 1 aromatic carbocycles. The second-order valence-electron chi connectivity index (χ2n) is 5.75. The van der Waals surface area contributed by atoms with Gasteiger partial charge in [0.15, 0.2) is 0 Å². The molecule has 112 valence electrons. The van der Waals surface area contributed by atoms with E-state index in [1.54, 1.807) is 12.1 Å². The number of halogens is 2. The molecule has 4 nitrogen and oxygen atoms in total. The Morgan fingerprint density at radius 2 is 2.14 bits per heavy atom. The fraction of sp³-hybridized carbons (Fsp3) is 0.333. The molecule has 0 saturated heterocycles. The Kier molecular flexibility index (Phi) is 4.32. The van der Waals surface area contributed by atoms with Crippen LogP contribution in [-0.4, -0.2) is 11.1 Å². The predicted molar refractivity (Wildman–Crippen MR) is 78.9 cm³/mol. The zero-order chi connectivity index (χ0) is 15.6. The zero-order valence-electron chi connectivity index (χ0n) is 12.0. The molecule has 6 heteroatoms. The number of hydrogen-bond acceptors (Lipinski definition) is 3. The van der Waals surface area contributed by atoms with Crippen LogP contribution in [0.1, 0.15) is 32.0 Å². The minimum Gasteiger partial charge on any atom is -0.338 e. The maximum absolute atomic E-state index is 13.6. The van der Waals surface area contributed by atoms with Gasteiger partial charge in [-0.25, -0.2) is 4.39 Å². The summed E-state index contributed by atoms with van der Waals surface area (Å²) in [7, 11) is 0. The van der Waals surface area contributed by atoms with Gasteiger partial charge in [-0.3, -0.25) is 10.1 Å². The Balaban J connectivity index is 2.07. The first kappa shape index (κ1) is 15.5. The van der Waals surface area contributed by atoms with Gasteiger partial charge in [0.1, 0.15) is 5.82 Å². The Morgan fingerprint density at radius 1 is 1.43 bits per heavy atom. The van der Waals surface area contributed by atoms with E-state index in [1.807, 2.05) is 20.8 Å². The molecule has 0 aliphatic heterocycles. The van der Waals surface area contributed by atoms with Crippen molar-refractivity contribution in [3.05, 3.63) is 46.4 Å². The highest BCUT2D eigenvalue weighted by Gasteiger charge is 2.20. The molecule has 0 radical (unpaired) electrons. The fourth-order valence-corrected chi connectivity index (χ4v) is 1.96. The van der Waals surface area contributed by atoms with E-state index in [4.69, 9.17) is 16.1 Å². The molecule has 2 rings (SSSR count). The lowest BCUT2D eigenvalue weighted by Crippen LogP contribution is -2.15. The molecule has 0 aliphatic rings. The van der Waals surface area contributed by atoms with Crippen LogP contribution in [0.2, 0.25) is 5.02 Å². The minimum atomic E-state index is -0.509. The summed E-state index contributed by atoms with van der Waals surface area (Å²) >= 11 is 5.88. The third kappa shape index (κ3) is 3.82. The van der Waals surface area contributed by atoms with Gasteiger partial charge in [-0.15, -0.1) is 0 Å². The summed E-state index contributed by atoms with van der Waals surface area (Å²) in [6, 6.07) is 5.95. The van der Waals surface area contributed by atoms with E-state index in [-0.39, 0.29) is 28.3 Å². The van der Waals surface area contributed by atoms with E-state index in [2.05, 4.69) is 10.5 Å². The van der Waals surface area contributed by atoms with Crippen LogP contribution in [0.4, 0.5) is 10.3 Å². The number of aromatic nitrogens is 1. The van der Waals surface area contributed by atoms with Gasteiger partial charge in [-0.05, 0) is 12.1 Å². The SMILES string of the molecule is CC(C)(C)c1cc(NC(=O)Cc2c(F)cccc2Cl)on1. The van der Waals surface area contributed by atoms with E-state index in [0.29, 0.717) is 0 Å². The van der Waals surface area contributed by atoms with E-state index in [0.717, 1.165) is 5.69 Å². The summed E-state index contributed by atoms with van der Waals surface area (Å²) in [4.78, 5) is 11.9. The topological polar surface area (TPSA) is 55.1 Å². The van der Waals surface area contributed by atoms with Crippen LogP contribution in [0, 0.1) is 5.82 Å². The van der Waals surface area contributed by atoms with Crippen molar-refractivity contribution < 1.29 is 13.7 Å². The van der Waals surface area contributed by atoms with Crippen molar-refractivity contribution in [2.45, 2.75) is 32.6 Å². The first-order valence-electron chi connectivity index (χ1n) is 6.47. The molecule has 1 heterocycles. The Labute approximate surface area is 127 Å². The number of amides is 1. The highest BCUT2D eigenvalue weighted by molar-refractivity contribution is 6.31. The van der Waals surface area contributed by atoms with Gasteiger partial charge in [0, 0.05) is 22.1 Å². The number of rotatable bonds is 3. The minimum absolute atomic E-state index is 0.159. The molecule has 0 atom stereocenters. The van der Waals surface area contributed by atoms with Crippen LogP contribution in [0.5, 0.6) is 0 Å². The monoisotopic (exact) mass is 310 g/mol. The van der Waals surface area contributed by atoms with Gasteiger partial charge >= 0.3 is 0 Å². The molecule has 0 bridgehead atoms. The largest absolute Gasteiger partial charge is 0.338 e. The molecule has 1 aromatic heterocycles. The third-order valence-electron chi connectivity index (χ3n) is 2.94. The van der Waals surface area contributed by atoms with Crippen molar-refractivity contribution in [2.24, 2.45) is 0 Å². The number of anilines is 1. The number of carbonyl (C=O) groups excluding carboxylic acids is 1. The summed E-state index contributed by atoms with van der Waals surface area (Å²) in [6.07, 6.45) is -0.170. The molecule has 0 fully saturated rings. The van der Waals surface area contributed by atoms with E-state index < -0.39 is 11.7 Å².